The third-order valence-corrected chi connectivity index (χ3v) is 7.42. The Morgan fingerprint density at radius 1 is 1.24 bits per heavy atom. The van der Waals surface area contributed by atoms with E-state index in [0.29, 0.717) is 19.3 Å². The van der Waals surface area contributed by atoms with Gasteiger partial charge in [-0.15, -0.1) is 4.33 Å². The zero-order valence-corrected chi connectivity index (χ0v) is 16.0. The largest absolute Gasteiger partial charge is 0.461 e. The summed E-state index contributed by atoms with van der Waals surface area (Å²) in [7, 11) is 0. The molecule has 29 heavy (non-hydrogen) atoms. The zero-order chi connectivity index (χ0) is 20.4. The molecule has 6 fully saturated rings. The first-order valence-corrected chi connectivity index (χ1v) is 10.2. The SMILES string of the molecule is O=C1OCC2OC3(OC12)C1CC2CC3CC(C(=O)OCC(F)(F)SOOO)(C2)C1. The molecule has 0 aromatic rings. The minimum absolute atomic E-state index is 0.110. The second-order valence-corrected chi connectivity index (χ2v) is 9.51. The van der Waals surface area contributed by atoms with Gasteiger partial charge in [-0.3, -0.25) is 4.79 Å². The highest BCUT2D eigenvalue weighted by molar-refractivity contribution is 7.95. The minimum Gasteiger partial charge on any atom is -0.461 e. The monoisotopic (exact) mass is 438 g/mol. The van der Waals surface area contributed by atoms with Crippen molar-refractivity contribution in [2.24, 2.45) is 23.2 Å². The minimum atomic E-state index is -3.57. The number of hydrogen-bond acceptors (Lipinski definition) is 10. The van der Waals surface area contributed by atoms with E-state index in [-0.39, 0.29) is 24.4 Å². The number of esters is 2. The summed E-state index contributed by atoms with van der Waals surface area (Å²) in [6.45, 7) is -1.04. The number of rotatable bonds is 6. The van der Waals surface area contributed by atoms with Crippen LogP contribution >= 0.6 is 12.0 Å². The maximum absolute atomic E-state index is 13.6. The fraction of sp³-hybridized carbons (Fsp3) is 0.882. The van der Waals surface area contributed by atoms with Gasteiger partial charge < -0.3 is 18.9 Å². The van der Waals surface area contributed by atoms with Crippen molar-refractivity contribution in [1.82, 2.24) is 0 Å². The van der Waals surface area contributed by atoms with Crippen LogP contribution in [-0.2, 0) is 37.9 Å². The number of cyclic esters (lactones) is 1. The molecule has 2 heterocycles. The third-order valence-electron chi connectivity index (χ3n) is 6.92. The Kier molecular flexibility index (Phi) is 4.61. The van der Waals surface area contributed by atoms with Crippen LogP contribution < -0.4 is 0 Å². The van der Waals surface area contributed by atoms with Crippen molar-refractivity contribution in [3.63, 3.8) is 0 Å². The average molecular weight is 438 g/mol. The van der Waals surface area contributed by atoms with Crippen LogP contribution in [0.2, 0.25) is 0 Å². The molecule has 1 N–H and O–H groups in total. The van der Waals surface area contributed by atoms with Gasteiger partial charge in [0.15, 0.2) is 18.5 Å². The molecule has 0 amide bonds. The summed E-state index contributed by atoms with van der Waals surface area (Å²) in [6.07, 6.45) is 1.82. The highest BCUT2D eigenvalue weighted by atomic mass is 32.2. The van der Waals surface area contributed by atoms with Gasteiger partial charge in [0.25, 0.3) is 0 Å². The van der Waals surface area contributed by atoms with E-state index >= 15 is 0 Å². The number of halogens is 2. The normalized spacial score (nSPS) is 44.9. The van der Waals surface area contributed by atoms with Gasteiger partial charge in [0.2, 0.25) is 0 Å². The summed E-state index contributed by atoms with van der Waals surface area (Å²) < 4.78 is 53.3. The number of hydrogen-bond donors (Lipinski definition) is 1. The van der Waals surface area contributed by atoms with Crippen LogP contribution in [0.1, 0.15) is 32.1 Å². The Balaban J connectivity index is 1.30. The van der Waals surface area contributed by atoms with Gasteiger partial charge in [0, 0.05) is 11.8 Å². The van der Waals surface area contributed by atoms with Crippen molar-refractivity contribution in [1.29, 1.82) is 0 Å². The Bertz CT molecular complexity index is 703. The van der Waals surface area contributed by atoms with Crippen molar-refractivity contribution >= 4 is 24.0 Å². The topological polar surface area (TPSA) is 110 Å². The summed E-state index contributed by atoms with van der Waals surface area (Å²) >= 11 is -0.444. The zero-order valence-electron chi connectivity index (χ0n) is 15.2. The first kappa shape index (κ1) is 19.9. The number of fused-ring (bicyclic) bond motifs is 1. The molecule has 4 atom stereocenters. The average Bonchev–Trinajstić information content (AvgIpc) is 3.22. The maximum Gasteiger partial charge on any atom is 0.354 e. The van der Waals surface area contributed by atoms with Crippen molar-refractivity contribution < 1.29 is 51.9 Å². The molecular formula is C17H20F2O9S. The molecule has 9 nitrogen and oxygen atoms in total. The molecule has 2 saturated heterocycles. The van der Waals surface area contributed by atoms with Crippen molar-refractivity contribution in [2.75, 3.05) is 13.2 Å². The lowest BCUT2D eigenvalue weighted by molar-refractivity contribution is -0.433. The Morgan fingerprint density at radius 3 is 2.62 bits per heavy atom. The number of carbonyl (C=O) groups excluding carboxylic acids is 2. The highest BCUT2D eigenvalue weighted by Gasteiger charge is 2.71. The Morgan fingerprint density at radius 2 is 1.97 bits per heavy atom. The molecular weight excluding hydrogens is 418 g/mol. The predicted molar refractivity (Wildman–Crippen MR) is 87.7 cm³/mol. The van der Waals surface area contributed by atoms with Gasteiger partial charge >= 0.3 is 17.2 Å². The summed E-state index contributed by atoms with van der Waals surface area (Å²) in [6, 6.07) is 0. The van der Waals surface area contributed by atoms with Crippen LogP contribution in [-0.4, -0.2) is 53.7 Å². The van der Waals surface area contributed by atoms with Crippen molar-refractivity contribution in [3.05, 3.63) is 0 Å². The predicted octanol–water partition coefficient (Wildman–Crippen LogP) is 2.06. The Hall–Kier alpha value is -1.05. The van der Waals surface area contributed by atoms with Crippen LogP contribution in [0.3, 0.4) is 0 Å². The smallest absolute Gasteiger partial charge is 0.354 e. The Labute approximate surface area is 168 Å². The van der Waals surface area contributed by atoms with Gasteiger partial charge in [-0.2, -0.15) is 8.78 Å². The van der Waals surface area contributed by atoms with Gasteiger partial charge in [-0.1, -0.05) is 5.04 Å². The van der Waals surface area contributed by atoms with Crippen molar-refractivity contribution in [2.45, 2.75) is 55.4 Å². The summed E-state index contributed by atoms with van der Waals surface area (Å²) in [5.41, 5.74) is -0.859. The summed E-state index contributed by atoms with van der Waals surface area (Å²) in [5, 5.41) is 7.59. The molecule has 0 aromatic carbocycles. The number of ether oxygens (including phenoxy) is 4. The van der Waals surface area contributed by atoms with E-state index in [0.717, 1.165) is 12.8 Å². The van der Waals surface area contributed by atoms with E-state index in [1.807, 2.05) is 0 Å². The van der Waals surface area contributed by atoms with Crippen LogP contribution in [0, 0.1) is 23.2 Å². The number of alkyl halides is 2. The molecule has 4 unspecified atom stereocenters. The van der Waals surface area contributed by atoms with Crippen LogP contribution in [0.25, 0.3) is 0 Å². The molecule has 4 bridgehead atoms. The van der Waals surface area contributed by atoms with Gasteiger partial charge in [0.05, 0.1) is 5.41 Å². The molecule has 4 aliphatic carbocycles. The molecule has 1 spiro atoms. The summed E-state index contributed by atoms with van der Waals surface area (Å²) in [5.74, 6) is -1.98. The molecule has 162 valence electrons. The molecule has 6 rings (SSSR count). The fourth-order valence-electron chi connectivity index (χ4n) is 6.12. The molecule has 6 aliphatic rings. The van der Waals surface area contributed by atoms with Crippen LogP contribution in [0.15, 0.2) is 0 Å². The first-order valence-electron chi connectivity index (χ1n) is 9.50. The molecule has 0 radical (unpaired) electrons. The van der Waals surface area contributed by atoms with Crippen LogP contribution in [0.4, 0.5) is 8.78 Å². The summed E-state index contributed by atoms with van der Waals surface area (Å²) in [4.78, 5) is 24.7. The molecule has 4 saturated carbocycles. The lowest BCUT2D eigenvalue weighted by atomic mass is 9.47. The lowest BCUT2D eigenvalue weighted by Crippen LogP contribution is -2.64. The van der Waals surface area contributed by atoms with E-state index in [4.69, 9.17) is 24.2 Å². The van der Waals surface area contributed by atoms with Crippen LogP contribution in [0.5, 0.6) is 0 Å². The molecule has 2 aliphatic heterocycles. The molecule has 12 heteroatoms. The van der Waals surface area contributed by atoms with E-state index < -0.39 is 59.3 Å². The van der Waals surface area contributed by atoms with Gasteiger partial charge in [-0.25, -0.2) is 10.1 Å². The van der Waals surface area contributed by atoms with Crippen molar-refractivity contribution in [3.8, 4) is 0 Å². The second kappa shape index (κ2) is 6.72. The fourth-order valence-corrected chi connectivity index (χ4v) is 6.36. The highest BCUT2D eigenvalue weighted by Crippen LogP contribution is 2.67. The van der Waals surface area contributed by atoms with Gasteiger partial charge in [-0.05, 0) is 38.0 Å². The number of carbonyl (C=O) groups is 2. The standard InChI is InChI=1S/C17H20F2O9S/c18-16(19,29-28-27-22)7-24-14(21)15-3-8-1-9(4-15)17(10(2-8)5-15)25-11-6-23-13(20)12(11)26-17/h8-12,22H,1-7H2. The maximum atomic E-state index is 13.6. The van der Waals surface area contributed by atoms with E-state index in [1.165, 1.54) is 0 Å². The van der Waals surface area contributed by atoms with Gasteiger partial charge in [0.1, 0.15) is 24.8 Å². The lowest BCUT2D eigenvalue weighted by Gasteiger charge is -2.61. The first-order chi connectivity index (χ1) is 13.8. The molecule has 0 aromatic heterocycles. The van der Waals surface area contributed by atoms with E-state index in [1.54, 1.807) is 0 Å². The van der Waals surface area contributed by atoms with E-state index in [9.17, 15) is 18.4 Å². The third kappa shape index (κ3) is 3.07. The van der Waals surface area contributed by atoms with E-state index in [2.05, 4.69) is 9.37 Å². The quantitative estimate of drug-likeness (QED) is 0.286. The second-order valence-electron chi connectivity index (χ2n) is 8.61.